The predicted octanol–water partition coefficient (Wildman–Crippen LogP) is 0.344. The Kier molecular flexibility index (Phi) is 5.81. The fourth-order valence-electron chi connectivity index (χ4n) is 2.99. The van der Waals surface area contributed by atoms with Crippen LogP contribution in [0.5, 0.6) is 0 Å². The van der Waals surface area contributed by atoms with Crippen molar-refractivity contribution in [1.82, 2.24) is 9.80 Å². The number of fused-ring (bicyclic) bond motifs is 1. The topological polar surface area (TPSA) is 113 Å². The molecule has 0 aliphatic carbocycles. The third-order valence-electron chi connectivity index (χ3n) is 4.20. The van der Waals surface area contributed by atoms with Crippen molar-refractivity contribution in [1.29, 1.82) is 0 Å². The summed E-state index contributed by atoms with van der Waals surface area (Å²) in [6.07, 6.45) is 0.968. The molecule has 0 radical (unpaired) electrons. The number of likely N-dealkylation sites (tertiary alicyclic amines) is 1. The highest BCUT2D eigenvalue weighted by molar-refractivity contribution is 7.17. The van der Waals surface area contributed by atoms with Crippen molar-refractivity contribution in [3.8, 4) is 0 Å². The number of imide groups is 1. The van der Waals surface area contributed by atoms with Gasteiger partial charge in [0.05, 0.1) is 5.56 Å². The molecule has 1 aromatic heterocycles. The lowest BCUT2D eigenvalue weighted by molar-refractivity contribution is -0.141. The maximum absolute atomic E-state index is 12.2. The zero-order valence-electron chi connectivity index (χ0n) is 13.7. The van der Waals surface area contributed by atoms with Crippen LogP contribution in [-0.2, 0) is 27.3 Å². The number of thiophene rings is 1. The number of anilines is 1. The zero-order valence-corrected chi connectivity index (χ0v) is 15.3. The molecule has 0 saturated carbocycles. The standard InChI is InChI=1S/C15H18N4O4S.ClH/c1-18-5-4-8-9(6-18)24-15(13(8)14(16)23)17-10(20)7-19-11(21)2-3-12(19)22;/h2-7H2,1H3,(H2,16,23)(H,17,20);1H. The van der Waals surface area contributed by atoms with E-state index in [0.717, 1.165) is 21.9 Å². The summed E-state index contributed by atoms with van der Waals surface area (Å²) in [5.41, 5.74) is 6.71. The highest BCUT2D eigenvalue weighted by Crippen LogP contribution is 2.36. The summed E-state index contributed by atoms with van der Waals surface area (Å²) in [6.45, 7) is 1.17. The lowest BCUT2D eigenvalue weighted by atomic mass is 10.0. The minimum atomic E-state index is -0.583. The number of hydrogen-bond donors (Lipinski definition) is 2. The fourth-order valence-corrected chi connectivity index (χ4v) is 4.34. The van der Waals surface area contributed by atoms with Crippen LogP contribution in [0.3, 0.4) is 0 Å². The molecule has 2 aliphatic heterocycles. The third-order valence-corrected chi connectivity index (χ3v) is 5.34. The summed E-state index contributed by atoms with van der Waals surface area (Å²) in [6, 6.07) is 0. The summed E-state index contributed by atoms with van der Waals surface area (Å²) in [7, 11) is 1.98. The Hall–Kier alpha value is -1.97. The maximum Gasteiger partial charge on any atom is 0.251 e. The smallest absolute Gasteiger partial charge is 0.251 e. The van der Waals surface area contributed by atoms with Crippen LogP contribution in [0, 0.1) is 0 Å². The molecule has 0 unspecified atom stereocenters. The Balaban J connectivity index is 0.00000225. The minimum Gasteiger partial charge on any atom is -0.365 e. The van der Waals surface area contributed by atoms with Crippen molar-refractivity contribution in [3.05, 3.63) is 16.0 Å². The van der Waals surface area contributed by atoms with Gasteiger partial charge in [0.25, 0.3) is 5.91 Å². The summed E-state index contributed by atoms with van der Waals surface area (Å²) in [5.74, 6) is -1.79. The van der Waals surface area contributed by atoms with Crippen LogP contribution in [0.15, 0.2) is 0 Å². The van der Waals surface area contributed by atoms with Crippen LogP contribution in [0.1, 0.15) is 33.6 Å². The molecule has 1 saturated heterocycles. The third kappa shape index (κ3) is 3.83. The second-order valence-electron chi connectivity index (χ2n) is 5.98. The largest absolute Gasteiger partial charge is 0.365 e. The number of likely N-dealkylation sites (N-methyl/N-ethyl adjacent to an activating group) is 1. The first kappa shape index (κ1) is 19.4. The first-order valence-corrected chi connectivity index (χ1v) is 8.44. The van der Waals surface area contributed by atoms with Gasteiger partial charge in [-0.15, -0.1) is 23.7 Å². The molecule has 3 heterocycles. The van der Waals surface area contributed by atoms with Crippen molar-refractivity contribution >= 4 is 52.4 Å². The quantitative estimate of drug-likeness (QED) is 0.725. The van der Waals surface area contributed by atoms with Crippen molar-refractivity contribution in [3.63, 3.8) is 0 Å². The van der Waals surface area contributed by atoms with Gasteiger partial charge < -0.3 is 16.0 Å². The number of nitrogens with one attached hydrogen (secondary N) is 1. The molecule has 25 heavy (non-hydrogen) atoms. The predicted molar refractivity (Wildman–Crippen MR) is 94.7 cm³/mol. The Bertz CT molecular complexity index is 732. The molecule has 8 nitrogen and oxygen atoms in total. The molecule has 1 aromatic rings. The van der Waals surface area contributed by atoms with Gasteiger partial charge in [0.1, 0.15) is 11.5 Å². The van der Waals surface area contributed by atoms with E-state index in [-0.39, 0.29) is 43.6 Å². The van der Waals surface area contributed by atoms with Gasteiger partial charge in [0, 0.05) is 30.8 Å². The lowest BCUT2D eigenvalue weighted by Gasteiger charge is -2.22. The van der Waals surface area contributed by atoms with Crippen LogP contribution in [0.4, 0.5) is 5.00 Å². The molecule has 4 amide bonds. The molecule has 3 rings (SSSR count). The number of primary amides is 1. The monoisotopic (exact) mass is 386 g/mol. The molecule has 0 spiro atoms. The summed E-state index contributed by atoms with van der Waals surface area (Å²) in [5, 5.41) is 3.04. The van der Waals surface area contributed by atoms with Gasteiger partial charge in [-0.3, -0.25) is 24.1 Å². The van der Waals surface area contributed by atoms with Crippen molar-refractivity contribution in [2.24, 2.45) is 5.73 Å². The number of carbonyl (C=O) groups is 4. The van der Waals surface area contributed by atoms with E-state index < -0.39 is 11.8 Å². The highest BCUT2D eigenvalue weighted by Gasteiger charge is 2.31. The second-order valence-corrected chi connectivity index (χ2v) is 7.09. The van der Waals surface area contributed by atoms with E-state index in [4.69, 9.17) is 5.73 Å². The van der Waals surface area contributed by atoms with Gasteiger partial charge in [-0.2, -0.15) is 0 Å². The van der Waals surface area contributed by atoms with Gasteiger partial charge in [-0.1, -0.05) is 0 Å². The van der Waals surface area contributed by atoms with Crippen molar-refractivity contribution in [2.45, 2.75) is 25.8 Å². The Morgan fingerprint density at radius 2 is 1.84 bits per heavy atom. The summed E-state index contributed by atoms with van der Waals surface area (Å²) in [4.78, 5) is 51.3. The summed E-state index contributed by atoms with van der Waals surface area (Å²) >= 11 is 1.32. The normalized spacial score (nSPS) is 17.2. The maximum atomic E-state index is 12.2. The first-order valence-electron chi connectivity index (χ1n) is 7.62. The Morgan fingerprint density at radius 3 is 2.44 bits per heavy atom. The molecule has 10 heteroatoms. The van der Waals surface area contributed by atoms with E-state index in [2.05, 4.69) is 10.2 Å². The molecule has 3 N–H and O–H groups in total. The Morgan fingerprint density at radius 1 is 1.20 bits per heavy atom. The molecule has 0 bridgehead atoms. The van der Waals surface area contributed by atoms with Crippen molar-refractivity contribution in [2.75, 3.05) is 25.5 Å². The van der Waals surface area contributed by atoms with Gasteiger partial charge in [0.15, 0.2) is 0 Å². The molecule has 136 valence electrons. The fraction of sp³-hybridized carbons (Fsp3) is 0.467. The van der Waals surface area contributed by atoms with Crippen molar-refractivity contribution < 1.29 is 19.2 Å². The number of nitrogens with two attached hydrogens (primary N) is 1. The molecule has 2 aliphatic rings. The molecule has 0 aromatic carbocycles. The van der Waals surface area contributed by atoms with Gasteiger partial charge in [-0.25, -0.2) is 0 Å². The molecular formula is C15H19ClN4O4S. The van der Waals surface area contributed by atoms with E-state index in [1.54, 1.807) is 0 Å². The van der Waals surface area contributed by atoms with Crippen LogP contribution < -0.4 is 11.1 Å². The number of nitrogens with zero attached hydrogens (tertiary/aromatic N) is 2. The number of carbonyl (C=O) groups excluding carboxylic acids is 4. The van der Waals surface area contributed by atoms with Crippen LogP contribution in [0.2, 0.25) is 0 Å². The van der Waals surface area contributed by atoms with Gasteiger partial charge in [-0.05, 0) is 19.0 Å². The molecule has 1 fully saturated rings. The number of halogens is 1. The number of rotatable bonds is 4. The number of amides is 4. The van der Waals surface area contributed by atoms with E-state index in [1.165, 1.54) is 11.3 Å². The van der Waals surface area contributed by atoms with E-state index in [1.807, 2.05) is 7.05 Å². The minimum absolute atomic E-state index is 0. The second kappa shape index (κ2) is 7.51. The van der Waals surface area contributed by atoms with Crippen LogP contribution >= 0.6 is 23.7 Å². The number of hydrogen-bond acceptors (Lipinski definition) is 6. The highest BCUT2D eigenvalue weighted by atomic mass is 35.5. The average molecular weight is 387 g/mol. The SMILES string of the molecule is CN1CCc2c(sc(NC(=O)CN3C(=O)CCC3=O)c2C(N)=O)C1.Cl. The van der Waals surface area contributed by atoms with E-state index in [9.17, 15) is 19.2 Å². The van der Waals surface area contributed by atoms with E-state index in [0.29, 0.717) is 23.5 Å². The average Bonchev–Trinajstić information content (AvgIpc) is 3.00. The summed E-state index contributed by atoms with van der Waals surface area (Å²) < 4.78 is 0. The van der Waals surface area contributed by atoms with Crippen LogP contribution in [-0.4, -0.2) is 53.6 Å². The zero-order chi connectivity index (χ0) is 17.4. The lowest BCUT2D eigenvalue weighted by Crippen LogP contribution is -2.37. The van der Waals surface area contributed by atoms with Gasteiger partial charge in [0.2, 0.25) is 17.7 Å². The Labute approximate surface area is 154 Å². The molecule has 0 atom stereocenters. The van der Waals surface area contributed by atoms with E-state index >= 15 is 0 Å². The van der Waals surface area contributed by atoms with Gasteiger partial charge >= 0.3 is 0 Å². The van der Waals surface area contributed by atoms with Crippen LogP contribution in [0.25, 0.3) is 0 Å². The molecular weight excluding hydrogens is 368 g/mol. The first-order chi connectivity index (χ1) is 11.4.